The molecule has 3 heterocycles. The van der Waals surface area contributed by atoms with E-state index in [1.807, 2.05) is 60.1 Å². The fourth-order valence-electron chi connectivity index (χ4n) is 10.7. The lowest BCUT2D eigenvalue weighted by Gasteiger charge is -2.42. The van der Waals surface area contributed by atoms with Gasteiger partial charge in [-0.05, 0) is 73.8 Å². The van der Waals surface area contributed by atoms with E-state index >= 15 is 0 Å². The van der Waals surface area contributed by atoms with Crippen LogP contribution in [0.4, 0.5) is 0 Å². The molecule has 3 aliphatic carbocycles. The maximum Gasteiger partial charge on any atom is 0.164 e. The van der Waals surface area contributed by atoms with Crippen molar-refractivity contribution < 1.29 is 0 Å². The Balaban J connectivity index is 0.787. The van der Waals surface area contributed by atoms with E-state index < -0.39 is 0 Å². The minimum atomic E-state index is 0.132. The van der Waals surface area contributed by atoms with Crippen LogP contribution in [0.2, 0.25) is 0 Å². The van der Waals surface area contributed by atoms with E-state index in [1.54, 1.807) is 0 Å². The zero-order valence-corrected chi connectivity index (χ0v) is 38.0. The van der Waals surface area contributed by atoms with Crippen LogP contribution in [0.15, 0.2) is 225 Å². The van der Waals surface area contributed by atoms with Gasteiger partial charge in [-0.1, -0.05) is 194 Å². The number of thiophene rings is 1. The lowest BCUT2D eigenvalue weighted by atomic mass is 9.60. The first-order valence-electron chi connectivity index (χ1n) is 23.4. The van der Waals surface area contributed by atoms with Crippen LogP contribution in [0.5, 0.6) is 0 Å². The normalized spacial score (nSPS) is 14.4. The predicted molar refractivity (Wildman–Crippen MR) is 281 cm³/mol. The Bertz CT molecular complexity index is 3940. The Hall–Kier alpha value is -8.71. The number of hydrogen-bond acceptors (Lipinski definition) is 6. The van der Waals surface area contributed by atoms with Crippen LogP contribution >= 0.6 is 11.3 Å². The summed E-state index contributed by atoms with van der Waals surface area (Å²) in [4.78, 5) is 24.9. The topological polar surface area (TPSA) is 64.5 Å². The molecule has 12 aromatic rings. The van der Waals surface area contributed by atoms with Crippen molar-refractivity contribution in [2.24, 2.45) is 0 Å². The van der Waals surface area contributed by atoms with Crippen molar-refractivity contribution in [3.05, 3.63) is 258 Å². The SMILES string of the molecule is c1ccc(-c2cnc(-c3ccc4c(c3)C3c5ccccc5C4c4cc(-c5ccc(-c6nc(-c7ccccc7)nc(-c7ccc(-c8cccc9c8sc8ccccc89)cc7)n6)cc5)ccc43)cn2)cc1. The van der Waals surface area contributed by atoms with Gasteiger partial charge in [0.1, 0.15) is 0 Å². The van der Waals surface area contributed by atoms with E-state index in [2.05, 4.69) is 176 Å². The highest BCUT2D eigenvalue weighted by molar-refractivity contribution is 7.26. The second kappa shape index (κ2) is 16.0. The maximum absolute atomic E-state index is 5.12. The average molecular weight is 898 g/mol. The van der Waals surface area contributed by atoms with Crippen molar-refractivity contribution in [3.8, 4) is 78.9 Å². The van der Waals surface area contributed by atoms with Gasteiger partial charge >= 0.3 is 0 Å². The van der Waals surface area contributed by atoms with Crippen molar-refractivity contribution in [2.75, 3.05) is 0 Å². The van der Waals surface area contributed by atoms with Gasteiger partial charge in [0, 0.05) is 59.8 Å². The molecule has 6 heteroatoms. The molecule has 0 saturated carbocycles. The Kier molecular flexibility index (Phi) is 9.14. The van der Waals surface area contributed by atoms with E-state index in [0.29, 0.717) is 17.5 Å². The smallest absolute Gasteiger partial charge is 0.164 e. The van der Waals surface area contributed by atoms with Crippen molar-refractivity contribution in [2.45, 2.75) is 11.8 Å². The predicted octanol–water partition coefficient (Wildman–Crippen LogP) is 15.7. The molecule has 2 bridgehead atoms. The molecule has 0 N–H and O–H groups in total. The average Bonchev–Trinajstić information content (AvgIpc) is 3.82. The van der Waals surface area contributed by atoms with Gasteiger partial charge in [-0.2, -0.15) is 0 Å². The first-order valence-corrected chi connectivity index (χ1v) is 24.2. The van der Waals surface area contributed by atoms with Crippen LogP contribution in [-0.2, 0) is 0 Å². The standard InChI is InChI=1S/C63H39N5S/c1-3-12-40(13-4-1)55-36-65-56(37-64-55)45-31-33-51-54(35-45)59-49-18-8-7-17-48(49)58(51)53-34-44(30-32-50(53)59)38-22-26-42(27-23-38)62-66-61(41-14-5-2-6-15-41)67-63(68-62)43-28-24-39(25-29-43)46-19-11-20-52-47-16-9-10-21-57(47)69-60(46)52/h1-37,58-59H. The number of aromatic nitrogens is 5. The molecule has 0 aliphatic heterocycles. The fraction of sp³-hybridized carbons (Fsp3) is 0.0317. The molecule has 69 heavy (non-hydrogen) atoms. The first kappa shape index (κ1) is 39.5. The molecule has 9 aromatic carbocycles. The van der Waals surface area contributed by atoms with Gasteiger partial charge in [0.05, 0.1) is 23.8 Å². The summed E-state index contributed by atoms with van der Waals surface area (Å²) >= 11 is 1.85. The van der Waals surface area contributed by atoms with E-state index in [9.17, 15) is 0 Å². The molecule has 0 radical (unpaired) electrons. The molecule has 322 valence electrons. The number of rotatable bonds is 7. The van der Waals surface area contributed by atoms with E-state index in [1.165, 1.54) is 64.7 Å². The number of hydrogen-bond donors (Lipinski definition) is 0. The van der Waals surface area contributed by atoms with Crippen molar-refractivity contribution >= 4 is 31.5 Å². The van der Waals surface area contributed by atoms with Gasteiger partial charge in [0.15, 0.2) is 17.5 Å². The van der Waals surface area contributed by atoms with Crippen molar-refractivity contribution in [1.29, 1.82) is 0 Å². The molecule has 15 rings (SSSR count). The Morgan fingerprint density at radius 3 is 1.38 bits per heavy atom. The van der Waals surface area contributed by atoms with Crippen LogP contribution in [0.3, 0.4) is 0 Å². The highest BCUT2D eigenvalue weighted by Crippen LogP contribution is 2.56. The largest absolute Gasteiger partial charge is 0.252 e. The molecule has 0 saturated heterocycles. The van der Waals surface area contributed by atoms with Gasteiger partial charge < -0.3 is 0 Å². The minimum absolute atomic E-state index is 0.132. The summed E-state index contributed by atoms with van der Waals surface area (Å²) in [5.41, 5.74) is 19.7. The molecule has 0 amide bonds. The summed E-state index contributed by atoms with van der Waals surface area (Å²) in [6.07, 6.45) is 3.78. The van der Waals surface area contributed by atoms with E-state index in [4.69, 9.17) is 24.9 Å². The Morgan fingerprint density at radius 1 is 0.304 bits per heavy atom. The van der Waals surface area contributed by atoms with Crippen LogP contribution < -0.4 is 0 Å². The van der Waals surface area contributed by atoms with E-state index in [-0.39, 0.29) is 11.8 Å². The van der Waals surface area contributed by atoms with Gasteiger partial charge in [0.25, 0.3) is 0 Å². The molecular weight excluding hydrogens is 859 g/mol. The number of nitrogens with zero attached hydrogens (tertiary/aromatic N) is 5. The van der Waals surface area contributed by atoms with Gasteiger partial charge in [-0.15, -0.1) is 11.3 Å². The zero-order valence-electron chi connectivity index (χ0n) is 37.2. The summed E-state index contributed by atoms with van der Waals surface area (Å²) in [7, 11) is 0. The second-order valence-corrected chi connectivity index (χ2v) is 19.0. The zero-order chi connectivity index (χ0) is 45.4. The first-order chi connectivity index (χ1) is 34.2. The number of fused-ring (bicyclic) bond motifs is 3. The number of benzene rings is 9. The molecule has 0 spiro atoms. The van der Waals surface area contributed by atoms with Crippen molar-refractivity contribution in [3.63, 3.8) is 0 Å². The lowest BCUT2D eigenvalue weighted by Crippen LogP contribution is -2.27. The van der Waals surface area contributed by atoms with Crippen molar-refractivity contribution in [1.82, 2.24) is 24.9 Å². The minimum Gasteiger partial charge on any atom is -0.252 e. The summed E-state index contributed by atoms with van der Waals surface area (Å²) in [5.74, 6) is 2.19. The third-order valence-electron chi connectivity index (χ3n) is 14.1. The second-order valence-electron chi connectivity index (χ2n) is 17.9. The Morgan fingerprint density at radius 2 is 0.754 bits per heavy atom. The molecular formula is C63H39N5S. The van der Waals surface area contributed by atoms with E-state index in [0.717, 1.165) is 50.3 Å². The van der Waals surface area contributed by atoms with Gasteiger partial charge in [-0.25, -0.2) is 15.0 Å². The molecule has 5 nitrogen and oxygen atoms in total. The highest BCUT2D eigenvalue weighted by atomic mass is 32.1. The van der Waals surface area contributed by atoms with Gasteiger partial charge in [0.2, 0.25) is 0 Å². The van der Waals surface area contributed by atoms with Crippen LogP contribution in [-0.4, -0.2) is 24.9 Å². The summed E-state index contributed by atoms with van der Waals surface area (Å²) < 4.78 is 2.60. The third kappa shape index (κ3) is 6.63. The van der Waals surface area contributed by atoms with Gasteiger partial charge in [-0.3, -0.25) is 9.97 Å². The molecule has 2 atom stereocenters. The quantitative estimate of drug-likeness (QED) is 0.159. The Labute approximate surface area is 403 Å². The summed E-state index contributed by atoms with van der Waals surface area (Å²) in [5, 5.41) is 2.59. The van der Waals surface area contributed by atoms with Crippen LogP contribution in [0.1, 0.15) is 45.2 Å². The monoisotopic (exact) mass is 897 g/mol. The van der Waals surface area contributed by atoms with Crippen LogP contribution in [0.25, 0.3) is 99.1 Å². The molecule has 2 unspecified atom stereocenters. The molecule has 3 aromatic heterocycles. The third-order valence-corrected chi connectivity index (χ3v) is 15.3. The lowest BCUT2D eigenvalue weighted by molar-refractivity contribution is 0.755. The summed E-state index contributed by atoms with van der Waals surface area (Å²) in [6.45, 7) is 0. The molecule has 3 aliphatic rings. The fourth-order valence-corrected chi connectivity index (χ4v) is 12.0. The summed E-state index contributed by atoms with van der Waals surface area (Å²) in [6, 6.07) is 75.9. The highest BCUT2D eigenvalue weighted by Gasteiger charge is 2.41. The van der Waals surface area contributed by atoms with Crippen LogP contribution in [0, 0.1) is 0 Å². The molecule has 0 fully saturated rings. The maximum atomic E-state index is 5.12.